The van der Waals surface area contributed by atoms with Gasteiger partial charge in [-0.05, 0) is 50.1 Å². The molecule has 0 saturated carbocycles. The molecule has 0 aliphatic heterocycles. The Hall–Kier alpha value is -2.90. The summed E-state index contributed by atoms with van der Waals surface area (Å²) in [6.45, 7) is 6.18. The number of nitrogens with two attached hydrogens (primary N) is 1. The first kappa shape index (κ1) is 19.9. The van der Waals surface area contributed by atoms with Gasteiger partial charge in [-0.2, -0.15) is 0 Å². The Morgan fingerprint density at radius 3 is 2.36 bits per heavy atom. The van der Waals surface area contributed by atoms with Gasteiger partial charge in [0.05, 0.1) is 10.5 Å². The summed E-state index contributed by atoms with van der Waals surface area (Å²) in [6.07, 6.45) is 0. The van der Waals surface area contributed by atoms with E-state index in [2.05, 4.69) is 9.88 Å². The molecule has 1 amide bonds. The third-order valence-corrected chi connectivity index (χ3v) is 5.81. The summed E-state index contributed by atoms with van der Waals surface area (Å²) in [4.78, 5) is 12.8. The minimum atomic E-state index is -3.86. The van der Waals surface area contributed by atoms with Gasteiger partial charge < -0.3 is 9.88 Å². The first-order valence-electron chi connectivity index (χ1n) is 8.82. The van der Waals surface area contributed by atoms with Gasteiger partial charge in [-0.25, -0.2) is 13.6 Å². The van der Waals surface area contributed by atoms with Crippen molar-refractivity contribution in [1.29, 1.82) is 0 Å². The first-order valence-corrected chi connectivity index (χ1v) is 10.4. The minimum absolute atomic E-state index is 0.000139. The molecule has 0 unspecified atom stereocenters. The van der Waals surface area contributed by atoms with E-state index in [1.807, 2.05) is 50.2 Å². The highest BCUT2D eigenvalue weighted by atomic mass is 32.2. The normalized spacial score (nSPS) is 11.4. The van der Waals surface area contributed by atoms with Crippen molar-refractivity contribution in [3.8, 4) is 0 Å². The van der Waals surface area contributed by atoms with Gasteiger partial charge in [0.2, 0.25) is 10.0 Å². The zero-order valence-corrected chi connectivity index (χ0v) is 16.9. The number of aryl methyl sites for hydroxylation is 2. The van der Waals surface area contributed by atoms with Crippen LogP contribution in [0.5, 0.6) is 0 Å². The number of primary sulfonamides is 1. The van der Waals surface area contributed by atoms with Crippen molar-refractivity contribution in [2.75, 3.05) is 5.32 Å². The second-order valence-electron chi connectivity index (χ2n) is 6.84. The van der Waals surface area contributed by atoms with E-state index in [0.29, 0.717) is 23.4 Å². The highest BCUT2D eigenvalue weighted by molar-refractivity contribution is 7.89. The fraction of sp³-hybridized carbons (Fsp3) is 0.190. The molecule has 0 fully saturated rings. The lowest BCUT2D eigenvalue weighted by Crippen LogP contribution is -2.16. The second kappa shape index (κ2) is 7.61. The summed E-state index contributed by atoms with van der Waals surface area (Å²) in [5, 5.41) is 8.02. The zero-order chi connectivity index (χ0) is 20.5. The number of aromatic nitrogens is 1. The number of hydrogen-bond acceptors (Lipinski definition) is 3. The molecule has 7 heteroatoms. The van der Waals surface area contributed by atoms with E-state index in [-0.39, 0.29) is 10.8 Å². The highest BCUT2D eigenvalue weighted by Gasteiger charge is 2.18. The minimum Gasteiger partial charge on any atom is -0.344 e. The Kier molecular flexibility index (Phi) is 5.40. The highest BCUT2D eigenvalue weighted by Crippen LogP contribution is 2.22. The molecule has 3 N–H and O–H groups in total. The van der Waals surface area contributed by atoms with Crippen molar-refractivity contribution in [3.63, 3.8) is 0 Å². The van der Waals surface area contributed by atoms with Crippen LogP contribution in [-0.4, -0.2) is 18.9 Å². The van der Waals surface area contributed by atoms with Gasteiger partial charge in [-0.3, -0.25) is 4.79 Å². The first-order chi connectivity index (χ1) is 13.2. The van der Waals surface area contributed by atoms with E-state index in [4.69, 9.17) is 5.14 Å². The second-order valence-corrected chi connectivity index (χ2v) is 8.37. The molecule has 2 aromatic carbocycles. The SMILES string of the molecule is Cc1ccc(NC(=O)c2cc(C)n(Cc3ccccc3)c2C)cc1S(N)(=O)=O. The van der Waals surface area contributed by atoms with Crippen LogP contribution in [0.15, 0.2) is 59.5 Å². The number of rotatable bonds is 5. The molecular formula is C21H23N3O3S. The van der Waals surface area contributed by atoms with Gasteiger partial charge in [0, 0.05) is 23.6 Å². The Bertz CT molecular complexity index is 1130. The van der Waals surface area contributed by atoms with Gasteiger partial charge in [0.25, 0.3) is 5.91 Å². The van der Waals surface area contributed by atoms with Crippen LogP contribution >= 0.6 is 0 Å². The van der Waals surface area contributed by atoms with E-state index in [9.17, 15) is 13.2 Å². The summed E-state index contributed by atoms with van der Waals surface area (Å²) in [7, 11) is -3.86. The number of anilines is 1. The molecule has 1 aromatic heterocycles. The van der Waals surface area contributed by atoms with Gasteiger partial charge in [0.1, 0.15) is 0 Å². The van der Waals surface area contributed by atoms with Crippen LogP contribution in [0.25, 0.3) is 0 Å². The molecular weight excluding hydrogens is 374 g/mol. The molecule has 0 spiro atoms. The molecule has 3 rings (SSSR count). The summed E-state index contributed by atoms with van der Waals surface area (Å²) < 4.78 is 25.5. The van der Waals surface area contributed by atoms with Crippen LogP contribution in [0.1, 0.15) is 32.9 Å². The molecule has 0 saturated heterocycles. The molecule has 0 bridgehead atoms. The fourth-order valence-electron chi connectivity index (χ4n) is 3.22. The quantitative estimate of drug-likeness (QED) is 0.691. The molecule has 28 heavy (non-hydrogen) atoms. The van der Waals surface area contributed by atoms with Crippen molar-refractivity contribution in [1.82, 2.24) is 4.57 Å². The summed E-state index contributed by atoms with van der Waals surface area (Å²) in [5.41, 5.74) is 4.42. The number of hydrogen-bond donors (Lipinski definition) is 2. The molecule has 3 aromatic rings. The molecule has 0 radical (unpaired) electrons. The number of carbonyl (C=O) groups is 1. The summed E-state index contributed by atoms with van der Waals surface area (Å²) in [5.74, 6) is -0.295. The number of sulfonamides is 1. The largest absolute Gasteiger partial charge is 0.344 e. The van der Waals surface area contributed by atoms with Gasteiger partial charge in [-0.15, -0.1) is 0 Å². The molecule has 146 valence electrons. The van der Waals surface area contributed by atoms with E-state index < -0.39 is 10.0 Å². The van der Waals surface area contributed by atoms with Crippen LogP contribution in [0, 0.1) is 20.8 Å². The topological polar surface area (TPSA) is 94.2 Å². The molecule has 0 aliphatic carbocycles. The van der Waals surface area contributed by atoms with Gasteiger partial charge >= 0.3 is 0 Å². The van der Waals surface area contributed by atoms with Crippen LogP contribution in [0.4, 0.5) is 5.69 Å². The smallest absolute Gasteiger partial charge is 0.257 e. The molecule has 6 nitrogen and oxygen atoms in total. The number of benzene rings is 2. The monoisotopic (exact) mass is 397 g/mol. The summed E-state index contributed by atoms with van der Waals surface area (Å²) in [6, 6.07) is 16.5. The standard InChI is InChI=1S/C21H23N3O3S/c1-14-9-10-18(12-20(14)28(22,26)27)23-21(25)19-11-15(2)24(16(19)3)13-17-7-5-4-6-8-17/h4-12H,13H2,1-3H3,(H,23,25)(H2,22,26,27). The molecule has 0 aliphatic rings. The predicted molar refractivity (Wildman–Crippen MR) is 110 cm³/mol. The number of nitrogens with one attached hydrogen (secondary N) is 1. The van der Waals surface area contributed by atoms with E-state index >= 15 is 0 Å². The van der Waals surface area contributed by atoms with E-state index in [1.54, 1.807) is 19.1 Å². The lowest BCUT2D eigenvalue weighted by molar-refractivity contribution is 0.102. The Balaban J connectivity index is 1.87. The average molecular weight is 398 g/mol. The fourth-order valence-corrected chi connectivity index (χ4v) is 4.03. The maximum atomic E-state index is 12.8. The van der Waals surface area contributed by atoms with E-state index in [0.717, 1.165) is 17.0 Å². The van der Waals surface area contributed by atoms with Crippen LogP contribution in [0.2, 0.25) is 0 Å². The number of nitrogens with zero attached hydrogens (tertiary/aromatic N) is 1. The van der Waals surface area contributed by atoms with E-state index in [1.165, 1.54) is 6.07 Å². The Morgan fingerprint density at radius 2 is 1.71 bits per heavy atom. The zero-order valence-electron chi connectivity index (χ0n) is 16.1. The van der Waals surface area contributed by atoms with Crippen molar-refractivity contribution in [2.24, 2.45) is 5.14 Å². The predicted octanol–water partition coefficient (Wildman–Crippen LogP) is 3.36. The Morgan fingerprint density at radius 1 is 1.04 bits per heavy atom. The van der Waals surface area contributed by atoms with Crippen molar-refractivity contribution in [2.45, 2.75) is 32.2 Å². The van der Waals surface area contributed by atoms with Crippen LogP contribution < -0.4 is 10.5 Å². The molecule has 1 heterocycles. The Labute approximate surface area is 165 Å². The number of amides is 1. The third-order valence-electron chi connectivity index (χ3n) is 4.75. The van der Waals surface area contributed by atoms with Gasteiger partial charge in [0.15, 0.2) is 0 Å². The lowest BCUT2D eigenvalue weighted by Gasteiger charge is -2.11. The molecule has 0 atom stereocenters. The average Bonchev–Trinajstić information content (AvgIpc) is 2.91. The third kappa shape index (κ3) is 4.16. The van der Waals surface area contributed by atoms with Crippen molar-refractivity contribution in [3.05, 3.63) is 82.7 Å². The lowest BCUT2D eigenvalue weighted by atomic mass is 10.2. The number of carbonyl (C=O) groups excluding carboxylic acids is 1. The van der Waals surface area contributed by atoms with Crippen molar-refractivity contribution < 1.29 is 13.2 Å². The van der Waals surface area contributed by atoms with Gasteiger partial charge in [-0.1, -0.05) is 36.4 Å². The summed E-state index contributed by atoms with van der Waals surface area (Å²) >= 11 is 0. The van der Waals surface area contributed by atoms with Crippen LogP contribution in [-0.2, 0) is 16.6 Å². The maximum Gasteiger partial charge on any atom is 0.257 e. The van der Waals surface area contributed by atoms with Crippen LogP contribution in [0.3, 0.4) is 0 Å². The maximum absolute atomic E-state index is 12.8. The van der Waals surface area contributed by atoms with Crippen molar-refractivity contribution >= 4 is 21.6 Å².